The van der Waals surface area contributed by atoms with Gasteiger partial charge in [0.1, 0.15) is 5.75 Å². The van der Waals surface area contributed by atoms with Crippen LogP contribution >= 0.6 is 0 Å². The molecule has 0 saturated heterocycles. The van der Waals surface area contributed by atoms with E-state index in [-0.39, 0.29) is 5.91 Å². The zero-order chi connectivity index (χ0) is 17.5. The number of benzene rings is 2. The highest BCUT2D eigenvalue weighted by atomic mass is 16.5. The van der Waals surface area contributed by atoms with Crippen molar-refractivity contribution in [1.82, 2.24) is 0 Å². The molecule has 0 atom stereocenters. The average molecular weight is 330 g/mol. The van der Waals surface area contributed by atoms with Crippen molar-refractivity contribution >= 4 is 17.3 Å². The Hall–Kier alpha value is -2.89. The quantitative estimate of drug-likeness (QED) is 0.763. The maximum Gasteiger partial charge on any atom is 0.224 e. The molecule has 24 heavy (non-hydrogen) atoms. The molecule has 0 spiro atoms. The molecule has 6 nitrogen and oxygen atoms in total. The molecule has 2 rings (SSSR count). The van der Waals surface area contributed by atoms with Crippen LogP contribution in [0.5, 0.6) is 17.2 Å². The number of nitrogens with two attached hydrogens (primary N) is 1. The molecule has 2 aromatic carbocycles. The largest absolute Gasteiger partial charge is 0.495 e. The number of rotatable bonds is 7. The zero-order valence-electron chi connectivity index (χ0n) is 14.1. The van der Waals surface area contributed by atoms with Crippen LogP contribution in [0, 0.1) is 0 Å². The van der Waals surface area contributed by atoms with Crippen molar-refractivity contribution in [2.75, 3.05) is 32.4 Å². The van der Waals surface area contributed by atoms with E-state index in [4.69, 9.17) is 19.9 Å². The van der Waals surface area contributed by atoms with Gasteiger partial charge in [0.25, 0.3) is 0 Å². The summed E-state index contributed by atoms with van der Waals surface area (Å²) in [6.45, 7) is 0. The van der Waals surface area contributed by atoms with Gasteiger partial charge >= 0.3 is 0 Å². The number of hydrogen-bond donors (Lipinski definition) is 2. The minimum atomic E-state index is -0.0886. The van der Waals surface area contributed by atoms with Crippen LogP contribution < -0.4 is 25.3 Å². The van der Waals surface area contributed by atoms with Crippen molar-refractivity contribution in [2.24, 2.45) is 0 Å². The van der Waals surface area contributed by atoms with Crippen LogP contribution in [0.2, 0.25) is 0 Å². The fourth-order valence-electron chi connectivity index (χ4n) is 2.33. The van der Waals surface area contributed by atoms with Crippen molar-refractivity contribution in [3.05, 3.63) is 42.0 Å². The third kappa shape index (κ3) is 4.32. The molecule has 0 saturated carbocycles. The lowest BCUT2D eigenvalue weighted by Gasteiger charge is -2.10. The number of ether oxygens (including phenoxy) is 3. The van der Waals surface area contributed by atoms with Crippen LogP contribution in [0.3, 0.4) is 0 Å². The van der Waals surface area contributed by atoms with Gasteiger partial charge in [0, 0.05) is 12.1 Å². The Labute approximate surface area is 141 Å². The summed E-state index contributed by atoms with van der Waals surface area (Å²) in [5, 5.41) is 2.83. The first-order valence-electron chi connectivity index (χ1n) is 7.51. The van der Waals surface area contributed by atoms with Crippen LogP contribution in [0.25, 0.3) is 0 Å². The summed E-state index contributed by atoms with van der Waals surface area (Å²) in [6, 6.07) is 10.8. The number of aryl methyl sites for hydroxylation is 1. The molecular weight excluding hydrogens is 308 g/mol. The predicted octanol–water partition coefficient (Wildman–Crippen LogP) is 2.87. The van der Waals surface area contributed by atoms with Gasteiger partial charge in [-0.2, -0.15) is 0 Å². The fourth-order valence-corrected chi connectivity index (χ4v) is 2.33. The lowest BCUT2D eigenvalue weighted by molar-refractivity contribution is -0.116. The van der Waals surface area contributed by atoms with Crippen LogP contribution in [-0.4, -0.2) is 27.2 Å². The van der Waals surface area contributed by atoms with Crippen LogP contribution in [-0.2, 0) is 11.2 Å². The Morgan fingerprint density at radius 1 is 0.958 bits per heavy atom. The maximum atomic E-state index is 12.1. The maximum absolute atomic E-state index is 12.1. The molecule has 0 aliphatic rings. The predicted molar refractivity (Wildman–Crippen MR) is 93.9 cm³/mol. The number of nitrogen functional groups attached to an aromatic ring is 1. The Morgan fingerprint density at radius 2 is 1.62 bits per heavy atom. The lowest BCUT2D eigenvalue weighted by Crippen LogP contribution is -2.12. The first kappa shape index (κ1) is 17.5. The Kier molecular flexibility index (Phi) is 5.89. The molecule has 0 unspecified atom stereocenters. The van der Waals surface area contributed by atoms with Crippen molar-refractivity contribution in [2.45, 2.75) is 12.8 Å². The highest BCUT2D eigenvalue weighted by Gasteiger charge is 2.08. The van der Waals surface area contributed by atoms with Gasteiger partial charge in [0.05, 0.1) is 27.0 Å². The first-order valence-corrected chi connectivity index (χ1v) is 7.51. The van der Waals surface area contributed by atoms with E-state index in [0.29, 0.717) is 41.5 Å². The Morgan fingerprint density at radius 3 is 2.25 bits per heavy atom. The van der Waals surface area contributed by atoms with E-state index >= 15 is 0 Å². The lowest BCUT2D eigenvalue weighted by atomic mass is 10.1. The van der Waals surface area contributed by atoms with Gasteiger partial charge in [0.2, 0.25) is 5.91 Å². The summed E-state index contributed by atoms with van der Waals surface area (Å²) in [5.74, 6) is 1.81. The molecule has 3 N–H and O–H groups in total. The summed E-state index contributed by atoms with van der Waals surface area (Å²) < 4.78 is 15.6. The average Bonchev–Trinajstić information content (AvgIpc) is 2.59. The Bertz CT molecular complexity index is 716. The normalized spacial score (nSPS) is 10.1. The third-order valence-corrected chi connectivity index (χ3v) is 3.60. The molecular formula is C18H22N2O4. The van der Waals surface area contributed by atoms with Crippen molar-refractivity contribution < 1.29 is 19.0 Å². The Balaban J connectivity index is 1.94. The van der Waals surface area contributed by atoms with E-state index in [1.54, 1.807) is 39.5 Å². The number of methoxy groups -OCH3 is 3. The van der Waals surface area contributed by atoms with Gasteiger partial charge in [-0.3, -0.25) is 4.79 Å². The van der Waals surface area contributed by atoms with Crippen LogP contribution in [0.15, 0.2) is 36.4 Å². The molecule has 0 aliphatic carbocycles. The van der Waals surface area contributed by atoms with Crippen molar-refractivity contribution in [3.63, 3.8) is 0 Å². The van der Waals surface area contributed by atoms with Gasteiger partial charge < -0.3 is 25.3 Å². The van der Waals surface area contributed by atoms with E-state index in [1.165, 1.54) is 0 Å². The molecule has 1 amide bonds. The molecule has 0 fully saturated rings. The molecule has 0 aromatic heterocycles. The molecule has 6 heteroatoms. The standard InChI is InChI=1S/C18H22N2O4/c1-22-15-8-6-13(11-14(15)19)20-18(21)9-5-12-4-7-16(23-2)17(10-12)24-3/h4,6-8,10-11H,5,9,19H2,1-3H3,(H,20,21). The highest BCUT2D eigenvalue weighted by Crippen LogP contribution is 2.28. The minimum Gasteiger partial charge on any atom is -0.495 e. The van der Waals surface area contributed by atoms with E-state index in [2.05, 4.69) is 5.32 Å². The molecule has 0 bridgehead atoms. The molecule has 2 aromatic rings. The van der Waals surface area contributed by atoms with Gasteiger partial charge in [-0.1, -0.05) is 6.07 Å². The van der Waals surface area contributed by atoms with Gasteiger partial charge in [0.15, 0.2) is 11.5 Å². The molecule has 128 valence electrons. The molecule has 0 radical (unpaired) electrons. The second-order valence-corrected chi connectivity index (χ2v) is 5.19. The second-order valence-electron chi connectivity index (χ2n) is 5.19. The van der Waals surface area contributed by atoms with Crippen molar-refractivity contribution in [3.8, 4) is 17.2 Å². The van der Waals surface area contributed by atoms with E-state index in [1.807, 2.05) is 18.2 Å². The topological polar surface area (TPSA) is 82.8 Å². The summed E-state index contributed by atoms with van der Waals surface area (Å²) in [4.78, 5) is 12.1. The van der Waals surface area contributed by atoms with E-state index in [0.717, 1.165) is 5.56 Å². The van der Waals surface area contributed by atoms with Gasteiger partial charge in [-0.15, -0.1) is 0 Å². The molecule has 0 heterocycles. The third-order valence-electron chi connectivity index (χ3n) is 3.60. The van der Waals surface area contributed by atoms with E-state index < -0.39 is 0 Å². The number of amides is 1. The van der Waals surface area contributed by atoms with E-state index in [9.17, 15) is 4.79 Å². The van der Waals surface area contributed by atoms with Gasteiger partial charge in [-0.05, 0) is 42.3 Å². The number of carbonyl (C=O) groups is 1. The monoisotopic (exact) mass is 330 g/mol. The SMILES string of the molecule is COc1ccc(NC(=O)CCc2ccc(OC)c(OC)c2)cc1N. The zero-order valence-corrected chi connectivity index (χ0v) is 14.1. The molecule has 0 aliphatic heterocycles. The number of carbonyl (C=O) groups excluding carboxylic acids is 1. The number of nitrogens with one attached hydrogen (secondary N) is 1. The smallest absolute Gasteiger partial charge is 0.224 e. The van der Waals surface area contributed by atoms with Crippen molar-refractivity contribution in [1.29, 1.82) is 0 Å². The van der Waals surface area contributed by atoms with Crippen LogP contribution in [0.4, 0.5) is 11.4 Å². The highest BCUT2D eigenvalue weighted by molar-refractivity contribution is 5.91. The summed E-state index contributed by atoms with van der Waals surface area (Å²) >= 11 is 0. The second kappa shape index (κ2) is 8.10. The van der Waals surface area contributed by atoms with Crippen LogP contribution in [0.1, 0.15) is 12.0 Å². The first-order chi connectivity index (χ1) is 11.6. The number of anilines is 2. The summed E-state index contributed by atoms with van der Waals surface area (Å²) in [5.41, 5.74) is 7.95. The summed E-state index contributed by atoms with van der Waals surface area (Å²) in [6.07, 6.45) is 0.944. The summed E-state index contributed by atoms with van der Waals surface area (Å²) in [7, 11) is 4.72. The number of hydrogen-bond acceptors (Lipinski definition) is 5. The van der Waals surface area contributed by atoms with Gasteiger partial charge in [-0.25, -0.2) is 0 Å². The minimum absolute atomic E-state index is 0.0886. The fraction of sp³-hybridized carbons (Fsp3) is 0.278.